The number of nitrogens with one attached hydrogen (secondary N) is 1. The van der Waals surface area contributed by atoms with Crippen LogP contribution in [0.25, 0.3) is 11.0 Å². The number of benzene rings is 3. The minimum absolute atomic E-state index is 0.155. The van der Waals surface area contributed by atoms with Gasteiger partial charge in [0.1, 0.15) is 5.82 Å². The van der Waals surface area contributed by atoms with E-state index in [1.807, 2.05) is 41.0 Å². The predicted molar refractivity (Wildman–Crippen MR) is 137 cm³/mol. The first kappa shape index (κ1) is 23.5. The minimum atomic E-state index is -0.395. The Bertz CT molecular complexity index is 1370. The van der Waals surface area contributed by atoms with E-state index in [1.54, 1.807) is 30.6 Å². The van der Waals surface area contributed by atoms with Crippen molar-refractivity contribution in [2.45, 2.75) is 25.4 Å². The van der Waals surface area contributed by atoms with Gasteiger partial charge in [-0.1, -0.05) is 24.3 Å². The normalized spacial score (nSPS) is 16.6. The van der Waals surface area contributed by atoms with E-state index in [0.717, 1.165) is 41.7 Å². The number of piperidine rings is 1. The first-order chi connectivity index (χ1) is 17.5. The highest BCUT2D eigenvalue weighted by molar-refractivity contribution is 5.94. The fourth-order valence-corrected chi connectivity index (χ4v) is 4.79. The van der Waals surface area contributed by atoms with Crippen molar-refractivity contribution in [3.8, 4) is 0 Å². The number of halogens is 1. The molecule has 184 valence electrons. The van der Waals surface area contributed by atoms with Crippen LogP contribution in [0.4, 0.5) is 10.1 Å². The molecule has 7 nitrogen and oxygen atoms in total. The van der Waals surface area contributed by atoms with E-state index < -0.39 is 6.04 Å². The average molecular weight is 486 g/mol. The van der Waals surface area contributed by atoms with E-state index in [-0.39, 0.29) is 23.5 Å². The second-order valence-corrected chi connectivity index (χ2v) is 9.20. The maximum atomic E-state index is 13.6. The van der Waals surface area contributed by atoms with Gasteiger partial charge in [-0.3, -0.25) is 9.59 Å². The van der Waals surface area contributed by atoms with E-state index in [2.05, 4.69) is 15.2 Å². The lowest BCUT2D eigenvalue weighted by Crippen LogP contribution is -2.41. The Hall–Kier alpha value is -4.20. The van der Waals surface area contributed by atoms with Crippen LogP contribution in [-0.4, -0.2) is 34.5 Å². The molecular weight excluding hydrogens is 457 g/mol. The van der Waals surface area contributed by atoms with Gasteiger partial charge in [0.2, 0.25) is 5.91 Å². The van der Waals surface area contributed by atoms with E-state index in [1.165, 1.54) is 12.1 Å². The Labute approximate surface area is 208 Å². The highest BCUT2D eigenvalue weighted by Crippen LogP contribution is 2.24. The molecule has 2 atom stereocenters. The van der Waals surface area contributed by atoms with Gasteiger partial charge in [-0.25, -0.2) is 9.37 Å². The number of carbonyl (C=O) groups is 2. The van der Waals surface area contributed by atoms with Crippen LogP contribution in [0.3, 0.4) is 0 Å². The fraction of sp³-hybridized carbons (Fsp3) is 0.250. The molecule has 1 aromatic heterocycles. The van der Waals surface area contributed by atoms with Gasteiger partial charge in [-0.15, -0.1) is 0 Å². The second kappa shape index (κ2) is 10.2. The number of primary amides is 1. The Morgan fingerprint density at radius 2 is 1.81 bits per heavy atom. The van der Waals surface area contributed by atoms with Crippen LogP contribution < -0.4 is 16.0 Å². The van der Waals surface area contributed by atoms with Crippen molar-refractivity contribution in [1.29, 1.82) is 0 Å². The standard InChI is InChI=1S/C28H28FN5O2/c29-22-11-7-19(8-12-22)25(17-34-18-31-24-5-1-2-6-26(24)34)32-28(36)20-9-13-23(14-10-20)33-15-3-4-21(16-33)27(30)35/h1-2,5-14,18,21,25H,3-4,15-17H2,(H2,30,35)(H,32,36). The summed E-state index contributed by atoms with van der Waals surface area (Å²) in [5.74, 6) is -0.983. The van der Waals surface area contributed by atoms with Gasteiger partial charge in [-0.2, -0.15) is 0 Å². The highest BCUT2D eigenvalue weighted by Gasteiger charge is 2.24. The number of hydrogen-bond acceptors (Lipinski definition) is 4. The highest BCUT2D eigenvalue weighted by atomic mass is 19.1. The molecule has 1 fully saturated rings. The lowest BCUT2D eigenvalue weighted by atomic mass is 9.97. The first-order valence-corrected chi connectivity index (χ1v) is 12.1. The topological polar surface area (TPSA) is 93.3 Å². The van der Waals surface area contributed by atoms with E-state index in [4.69, 9.17) is 5.73 Å². The minimum Gasteiger partial charge on any atom is -0.371 e. The smallest absolute Gasteiger partial charge is 0.251 e. The number of anilines is 1. The molecular formula is C28H28FN5O2. The van der Waals surface area contributed by atoms with Gasteiger partial charge in [-0.05, 0) is 66.9 Å². The van der Waals surface area contributed by atoms with Gasteiger partial charge in [0.25, 0.3) is 5.91 Å². The third kappa shape index (κ3) is 5.07. The SMILES string of the molecule is NC(=O)C1CCCN(c2ccc(C(=O)NC(Cn3cnc4ccccc43)c3ccc(F)cc3)cc2)C1. The second-order valence-electron chi connectivity index (χ2n) is 9.20. The number of carbonyl (C=O) groups excluding carboxylic acids is 2. The molecule has 2 amide bonds. The Morgan fingerprint density at radius 1 is 1.06 bits per heavy atom. The van der Waals surface area contributed by atoms with Gasteiger partial charge in [0.05, 0.1) is 29.3 Å². The number of amides is 2. The van der Waals surface area contributed by atoms with Crippen LogP contribution in [0.2, 0.25) is 0 Å². The quantitative estimate of drug-likeness (QED) is 0.413. The Kier molecular flexibility index (Phi) is 6.66. The summed E-state index contributed by atoms with van der Waals surface area (Å²) in [5.41, 5.74) is 9.60. The molecule has 0 saturated carbocycles. The summed E-state index contributed by atoms with van der Waals surface area (Å²) < 4.78 is 15.6. The van der Waals surface area contributed by atoms with Crippen molar-refractivity contribution in [1.82, 2.24) is 14.9 Å². The van der Waals surface area contributed by atoms with Crippen molar-refractivity contribution in [3.63, 3.8) is 0 Å². The molecule has 2 heterocycles. The molecule has 1 aliphatic rings. The maximum Gasteiger partial charge on any atom is 0.251 e. The van der Waals surface area contributed by atoms with Crippen molar-refractivity contribution >= 4 is 28.5 Å². The van der Waals surface area contributed by atoms with Crippen LogP contribution >= 0.6 is 0 Å². The first-order valence-electron chi connectivity index (χ1n) is 12.1. The molecule has 0 bridgehead atoms. The van der Waals surface area contributed by atoms with Gasteiger partial charge < -0.3 is 20.5 Å². The van der Waals surface area contributed by atoms with Gasteiger partial charge in [0.15, 0.2) is 0 Å². The van der Waals surface area contributed by atoms with Crippen LogP contribution in [0.15, 0.2) is 79.1 Å². The van der Waals surface area contributed by atoms with Crippen molar-refractivity contribution in [3.05, 3.63) is 96.1 Å². The van der Waals surface area contributed by atoms with Crippen LogP contribution in [0, 0.1) is 11.7 Å². The van der Waals surface area contributed by atoms with Gasteiger partial charge in [0, 0.05) is 30.9 Å². The zero-order chi connectivity index (χ0) is 25.1. The summed E-state index contributed by atoms with van der Waals surface area (Å²) in [6, 6.07) is 20.9. The summed E-state index contributed by atoms with van der Waals surface area (Å²) >= 11 is 0. The van der Waals surface area contributed by atoms with Crippen molar-refractivity contribution in [2.75, 3.05) is 18.0 Å². The Balaban J connectivity index is 1.34. The van der Waals surface area contributed by atoms with E-state index >= 15 is 0 Å². The number of rotatable bonds is 7. The summed E-state index contributed by atoms with van der Waals surface area (Å²) in [6.07, 6.45) is 3.46. The lowest BCUT2D eigenvalue weighted by molar-refractivity contribution is -0.122. The van der Waals surface area contributed by atoms with Crippen molar-refractivity contribution < 1.29 is 14.0 Å². The number of imidazole rings is 1. The molecule has 5 rings (SSSR count). The number of nitrogens with zero attached hydrogens (tertiary/aromatic N) is 3. The fourth-order valence-electron chi connectivity index (χ4n) is 4.79. The summed E-state index contributed by atoms with van der Waals surface area (Å²) in [6.45, 7) is 1.88. The molecule has 0 aliphatic carbocycles. The molecule has 36 heavy (non-hydrogen) atoms. The summed E-state index contributed by atoms with van der Waals surface area (Å²) in [5, 5.41) is 3.11. The third-order valence-corrected chi connectivity index (χ3v) is 6.80. The lowest BCUT2D eigenvalue weighted by Gasteiger charge is -2.33. The number of nitrogens with two attached hydrogens (primary N) is 1. The molecule has 0 spiro atoms. The van der Waals surface area contributed by atoms with Crippen molar-refractivity contribution in [2.24, 2.45) is 11.7 Å². The monoisotopic (exact) mass is 485 g/mol. The van der Waals surface area contributed by atoms with E-state index in [0.29, 0.717) is 18.7 Å². The Morgan fingerprint density at radius 3 is 2.56 bits per heavy atom. The molecule has 8 heteroatoms. The summed E-state index contributed by atoms with van der Waals surface area (Å²) in [7, 11) is 0. The zero-order valence-electron chi connectivity index (χ0n) is 19.8. The predicted octanol–water partition coefficient (Wildman–Crippen LogP) is 4.05. The third-order valence-electron chi connectivity index (χ3n) is 6.80. The zero-order valence-corrected chi connectivity index (χ0v) is 19.8. The number of fused-ring (bicyclic) bond motifs is 1. The number of aromatic nitrogens is 2. The van der Waals surface area contributed by atoms with Crippen LogP contribution in [0.5, 0.6) is 0 Å². The summed E-state index contributed by atoms with van der Waals surface area (Å²) in [4.78, 5) is 31.4. The van der Waals surface area contributed by atoms with Crippen LogP contribution in [-0.2, 0) is 11.3 Å². The largest absolute Gasteiger partial charge is 0.371 e. The molecule has 1 aliphatic heterocycles. The van der Waals surface area contributed by atoms with E-state index in [9.17, 15) is 14.0 Å². The van der Waals surface area contributed by atoms with Gasteiger partial charge >= 0.3 is 0 Å². The molecule has 3 N–H and O–H groups in total. The molecule has 3 aromatic carbocycles. The average Bonchev–Trinajstić information content (AvgIpc) is 3.31. The molecule has 0 radical (unpaired) electrons. The number of hydrogen-bond donors (Lipinski definition) is 2. The molecule has 1 saturated heterocycles. The molecule has 2 unspecified atom stereocenters. The van der Waals surface area contributed by atoms with Crippen LogP contribution in [0.1, 0.15) is 34.8 Å². The maximum absolute atomic E-state index is 13.6. The number of para-hydroxylation sites is 2. The molecule has 4 aromatic rings.